The molecule has 51 heavy (non-hydrogen) atoms. The monoisotopic (exact) mass is 891 g/mol. The largest absolute Gasteiger partial charge is 0.288 e. The third kappa shape index (κ3) is 11.9. The van der Waals surface area contributed by atoms with Gasteiger partial charge < -0.3 is 0 Å². The summed E-state index contributed by atoms with van der Waals surface area (Å²) in [5.74, 6) is 0. The molecule has 0 spiro atoms. The molecule has 5 rings (SSSR count). The van der Waals surface area contributed by atoms with E-state index in [1.807, 2.05) is 12.1 Å². The summed E-state index contributed by atoms with van der Waals surface area (Å²) in [7, 11) is 0. The predicted octanol–water partition coefficient (Wildman–Crippen LogP) is 16.1. The molecule has 0 unspecified atom stereocenters. The molecule has 5 aromatic rings. The van der Waals surface area contributed by atoms with E-state index in [1.54, 1.807) is 45.3 Å². The second-order valence-corrected chi connectivity index (χ2v) is 21.0. The molecule has 0 saturated carbocycles. The van der Waals surface area contributed by atoms with Crippen LogP contribution in [0.5, 0.6) is 0 Å². The minimum absolute atomic E-state index is 0.304. The van der Waals surface area contributed by atoms with Crippen LogP contribution >= 0.6 is 77.2 Å². The summed E-state index contributed by atoms with van der Waals surface area (Å²) in [6.07, 6.45) is 28.9. The predicted molar refractivity (Wildman–Crippen MR) is 237 cm³/mol. The van der Waals surface area contributed by atoms with Crippen molar-refractivity contribution in [1.29, 1.82) is 0 Å². The first kappa shape index (κ1) is 41.1. The maximum absolute atomic E-state index is 13.2. The molecule has 0 fully saturated rings. The van der Waals surface area contributed by atoms with E-state index in [4.69, 9.17) is 0 Å². The van der Waals surface area contributed by atoms with Gasteiger partial charge in [-0.1, -0.05) is 129 Å². The van der Waals surface area contributed by atoms with E-state index in [9.17, 15) is 9.59 Å². The van der Waals surface area contributed by atoms with Crippen molar-refractivity contribution in [2.45, 2.75) is 155 Å². The maximum atomic E-state index is 13.2. The molecule has 0 saturated heterocycles. The summed E-state index contributed by atoms with van der Waals surface area (Å²) in [6, 6.07) is 8.59. The summed E-state index contributed by atoms with van der Waals surface area (Å²) in [4.78, 5) is 33.6. The molecule has 3 nitrogen and oxygen atoms in total. The van der Waals surface area contributed by atoms with E-state index in [1.165, 1.54) is 157 Å². The molecule has 0 atom stereocenters. The molecular weight excluding hydrogens is 839 g/mol. The Bertz CT molecular complexity index is 1790. The fourth-order valence-corrected chi connectivity index (χ4v) is 13.1. The van der Waals surface area contributed by atoms with Crippen LogP contribution in [0.15, 0.2) is 41.4 Å². The van der Waals surface area contributed by atoms with Crippen LogP contribution in [0.4, 0.5) is 0 Å². The van der Waals surface area contributed by atoms with E-state index < -0.39 is 0 Å². The summed E-state index contributed by atoms with van der Waals surface area (Å²) >= 11 is 14.5. The quantitative estimate of drug-likeness (QED) is 0.0628. The molecule has 0 amide bonds. The molecule has 0 bridgehead atoms. The van der Waals surface area contributed by atoms with Crippen molar-refractivity contribution in [3.63, 3.8) is 0 Å². The number of hydrogen-bond donors (Lipinski definition) is 1. The standard InChI is InChI=1S/C42H55Br2NO2S4/c1-3-5-7-9-11-13-15-17-19-21-23-29-25-33(50-39(29)43)35-27-31-37(48-35)38-32(42(47)45-41(31)46)28-36(49-38)34-26-30(40(44)51-34)24-22-20-18-16-14-12-10-8-6-4-2/h25-28H,3-24H2,1-2H3,(H,45,46,47). The Hall–Kier alpha value is -1.10. The normalized spacial score (nSPS) is 11.8. The van der Waals surface area contributed by atoms with E-state index >= 15 is 0 Å². The van der Waals surface area contributed by atoms with Gasteiger partial charge in [0.25, 0.3) is 11.1 Å². The van der Waals surface area contributed by atoms with Crippen LogP contribution < -0.4 is 11.1 Å². The average Bonchev–Trinajstić information content (AvgIpc) is 3.90. The van der Waals surface area contributed by atoms with Gasteiger partial charge in [0, 0.05) is 19.5 Å². The Morgan fingerprint density at radius 1 is 0.451 bits per heavy atom. The van der Waals surface area contributed by atoms with Crippen LogP contribution in [0.2, 0.25) is 0 Å². The number of H-pyrrole nitrogens is 1. The summed E-state index contributed by atoms with van der Waals surface area (Å²) in [6.45, 7) is 4.55. The van der Waals surface area contributed by atoms with Crippen LogP contribution in [0, 0.1) is 0 Å². The highest BCUT2D eigenvalue weighted by Crippen LogP contribution is 2.45. The lowest BCUT2D eigenvalue weighted by Gasteiger charge is -2.02. The SMILES string of the molecule is CCCCCCCCCCCCc1cc(-c2cc3c(=O)[nH]c(=O)c4cc(-c5cc(CCCCCCCCCCCC)c(Br)s5)sc4c3s2)sc1Br. The number of thiophene rings is 4. The van der Waals surface area contributed by atoms with E-state index in [0.717, 1.165) is 32.0 Å². The van der Waals surface area contributed by atoms with Gasteiger partial charge in [-0.05, 0) is 92.9 Å². The number of rotatable bonds is 24. The van der Waals surface area contributed by atoms with Gasteiger partial charge in [-0.2, -0.15) is 0 Å². The van der Waals surface area contributed by atoms with Crippen molar-refractivity contribution in [3.8, 4) is 19.5 Å². The minimum atomic E-state index is -0.304. The average molecular weight is 894 g/mol. The Morgan fingerprint density at radius 3 is 1.12 bits per heavy atom. The van der Waals surface area contributed by atoms with Gasteiger partial charge in [0.2, 0.25) is 0 Å². The Labute approximate surface area is 338 Å². The molecule has 1 N–H and O–H groups in total. The first-order valence-electron chi connectivity index (χ1n) is 19.6. The lowest BCUT2D eigenvalue weighted by atomic mass is 10.0. The van der Waals surface area contributed by atoms with Gasteiger partial charge in [-0.3, -0.25) is 14.6 Å². The molecule has 9 heteroatoms. The van der Waals surface area contributed by atoms with Crippen LogP contribution in [-0.4, -0.2) is 4.98 Å². The van der Waals surface area contributed by atoms with Gasteiger partial charge >= 0.3 is 0 Å². The van der Waals surface area contributed by atoms with Crippen LogP contribution in [-0.2, 0) is 12.8 Å². The number of aryl methyl sites for hydroxylation is 2. The van der Waals surface area contributed by atoms with Crippen molar-refractivity contribution >= 4 is 97.4 Å². The van der Waals surface area contributed by atoms with Crippen LogP contribution in [0.25, 0.3) is 39.7 Å². The van der Waals surface area contributed by atoms with E-state index in [0.29, 0.717) is 10.8 Å². The second kappa shape index (κ2) is 21.7. The lowest BCUT2D eigenvalue weighted by Crippen LogP contribution is -2.13. The van der Waals surface area contributed by atoms with Gasteiger partial charge in [0.1, 0.15) is 0 Å². The van der Waals surface area contributed by atoms with Crippen molar-refractivity contribution in [2.75, 3.05) is 0 Å². The molecule has 278 valence electrons. The van der Waals surface area contributed by atoms with E-state index in [-0.39, 0.29) is 11.1 Å². The Morgan fingerprint density at radius 2 is 0.765 bits per heavy atom. The number of unbranched alkanes of at least 4 members (excludes halogenated alkanes) is 18. The first-order chi connectivity index (χ1) is 24.9. The second-order valence-electron chi connectivity index (χ2n) is 14.2. The van der Waals surface area contributed by atoms with Gasteiger partial charge in [-0.15, -0.1) is 45.3 Å². The molecule has 0 aliphatic carbocycles. The minimum Gasteiger partial charge on any atom is -0.288 e. The molecule has 5 aromatic heterocycles. The number of fused-ring (bicyclic) bond motifs is 3. The zero-order valence-corrected chi connectivity index (χ0v) is 37.0. The van der Waals surface area contributed by atoms with Gasteiger partial charge in [0.05, 0.1) is 27.7 Å². The van der Waals surface area contributed by atoms with Crippen molar-refractivity contribution in [1.82, 2.24) is 4.98 Å². The van der Waals surface area contributed by atoms with Crippen molar-refractivity contribution in [2.24, 2.45) is 0 Å². The molecule has 0 aliphatic rings. The molecule has 0 aliphatic heterocycles. The van der Waals surface area contributed by atoms with Crippen LogP contribution in [0.3, 0.4) is 0 Å². The molecule has 0 radical (unpaired) electrons. The smallest absolute Gasteiger partial charge is 0.259 e. The third-order valence-electron chi connectivity index (χ3n) is 9.99. The van der Waals surface area contributed by atoms with Gasteiger partial charge in [-0.25, -0.2) is 0 Å². The summed E-state index contributed by atoms with van der Waals surface area (Å²) < 4.78 is 4.18. The number of halogens is 2. The summed E-state index contributed by atoms with van der Waals surface area (Å²) in [5.41, 5.74) is 2.10. The summed E-state index contributed by atoms with van der Waals surface area (Å²) in [5, 5.41) is 1.20. The number of aromatic amines is 1. The fourth-order valence-electron chi connectivity index (χ4n) is 6.94. The van der Waals surface area contributed by atoms with Crippen molar-refractivity contribution in [3.05, 3.63) is 63.7 Å². The zero-order valence-electron chi connectivity index (χ0n) is 30.6. The first-order valence-corrected chi connectivity index (χ1v) is 24.5. The Balaban J connectivity index is 1.22. The maximum Gasteiger partial charge on any atom is 0.259 e. The van der Waals surface area contributed by atoms with E-state index in [2.05, 4.69) is 62.8 Å². The zero-order chi connectivity index (χ0) is 36.0. The highest BCUT2D eigenvalue weighted by atomic mass is 79.9. The lowest BCUT2D eigenvalue weighted by molar-refractivity contribution is 0.556. The highest BCUT2D eigenvalue weighted by Gasteiger charge is 2.18. The number of nitrogens with one attached hydrogen (secondary N) is 1. The topological polar surface area (TPSA) is 49.9 Å². The number of hydrogen-bond acceptors (Lipinski definition) is 6. The molecule has 5 heterocycles. The number of aromatic nitrogens is 1. The van der Waals surface area contributed by atoms with Crippen LogP contribution in [0.1, 0.15) is 153 Å². The fraction of sp³-hybridized carbons (Fsp3) is 0.571. The van der Waals surface area contributed by atoms with Crippen molar-refractivity contribution < 1.29 is 0 Å². The van der Waals surface area contributed by atoms with Gasteiger partial charge in [0.15, 0.2) is 0 Å². The molecular formula is C42H55Br2NO2S4. The Kier molecular flexibility index (Phi) is 17.5. The molecule has 0 aromatic carbocycles. The highest BCUT2D eigenvalue weighted by molar-refractivity contribution is 9.11. The third-order valence-corrected chi connectivity index (χ3v) is 16.7.